The van der Waals surface area contributed by atoms with E-state index in [1.54, 1.807) is 18.3 Å². The lowest BCUT2D eigenvalue weighted by Crippen LogP contribution is -2.39. The topological polar surface area (TPSA) is 68.0 Å². The van der Waals surface area contributed by atoms with E-state index < -0.39 is 6.04 Å². The molecule has 0 fully saturated rings. The second-order valence-electron chi connectivity index (χ2n) is 3.31. The summed E-state index contributed by atoms with van der Waals surface area (Å²) in [5, 5.41) is 5.74. The predicted octanol–water partition coefficient (Wildman–Crippen LogP) is 0.976. The number of carbonyl (C=O) groups excluding carboxylic acids is 1. The normalized spacial score (nSPS) is 14.9. The molecule has 1 aromatic heterocycles. The van der Waals surface area contributed by atoms with Crippen LogP contribution < -0.4 is 11.1 Å². The highest BCUT2D eigenvalue weighted by Gasteiger charge is 2.14. The Kier molecular flexibility index (Phi) is 3.60. The van der Waals surface area contributed by atoms with Gasteiger partial charge in [0.1, 0.15) is 0 Å². The highest BCUT2D eigenvalue weighted by atomic mass is 32.1. The van der Waals surface area contributed by atoms with Crippen LogP contribution in [0, 0.1) is 6.92 Å². The van der Waals surface area contributed by atoms with Crippen LogP contribution in [0.2, 0.25) is 0 Å². The van der Waals surface area contributed by atoms with Crippen LogP contribution in [-0.4, -0.2) is 16.9 Å². The number of aromatic nitrogens is 1. The fourth-order valence-electron chi connectivity index (χ4n) is 0.998. The van der Waals surface area contributed by atoms with E-state index in [0.717, 1.165) is 10.7 Å². The number of thiazole rings is 1. The Morgan fingerprint density at radius 1 is 1.64 bits per heavy atom. The molecule has 1 amide bonds. The van der Waals surface area contributed by atoms with Crippen molar-refractivity contribution in [1.82, 2.24) is 10.3 Å². The van der Waals surface area contributed by atoms with E-state index >= 15 is 0 Å². The highest BCUT2D eigenvalue weighted by Crippen LogP contribution is 2.15. The number of carbonyl (C=O) groups is 1. The summed E-state index contributed by atoms with van der Waals surface area (Å²) in [4.78, 5) is 15.6. The van der Waals surface area contributed by atoms with Gasteiger partial charge in [-0.05, 0) is 20.8 Å². The van der Waals surface area contributed by atoms with Crippen molar-refractivity contribution in [3.63, 3.8) is 0 Å². The zero-order chi connectivity index (χ0) is 10.7. The molecule has 0 saturated carbocycles. The van der Waals surface area contributed by atoms with E-state index in [2.05, 4.69) is 10.3 Å². The van der Waals surface area contributed by atoms with Gasteiger partial charge >= 0.3 is 0 Å². The third kappa shape index (κ3) is 2.78. The minimum Gasteiger partial charge on any atom is -0.347 e. The lowest BCUT2D eigenvalue weighted by molar-refractivity contribution is -0.122. The Morgan fingerprint density at radius 3 is 2.71 bits per heavy atom. The number of nitrogens with one attached hydrogen (secondary N) is 1. The van der Waals surface area contributed by atoms with Crippen molar-refractivity contribution in [3.8, 4) is 0 Å². The quantitative estimate of drug-likeness (QED) is 0.786. The summed E-state index contributed by atoms with van der Waals surface area (Å²) in [7, 11) is 0. The molecule has 4 nitrogen and oxygen atoms in total. The molecule has 1 aromatic rings. The molecule has 0 aliphatic carbocycles. The van der Waals surface area contributed by atoms with E-state index in [0.29, 0.717) is 0 Å². The average Bonchev–Trinajstić information content (AvgIpc) is 2.51. The Hall–Kier alpha value is -0.940. The number of nitrogens with two attached hydrogens (primary N) is 1. The maximum absolute atomic E-state index is 11.3. The lowest BCUT2D eigenvalue weighted by atomic mass is 10.2. The van der Waals surface area contributed by atoms with Gasteiger partial charge in [-0.1, -0.05) is 0 Å². The van der Waals surface area contributed by atoms with Crippen molar-refractivity contribution in [2.45, 2.75) is 32.9 Å². The van der Waals surface area contributed by atoms with Crippen molar-refractivity contribution in [2.75, 3.05) is 0 Å². The highest BCUT2D eigenvalue weighted by molar-refractivity contribution is 7.09. The van der Waals surface area contributed by atoms with Crippen molar-refractivity contribution < 1.29 is 4.79 Å². The Labute approximate surface area is 87.5 Å². The largest absolute Gasteiger partial charge is 0.347 e. The molecule has 2 unspecified atom stereocenters. The fraction of sp³-hybridized carbons (Fsp3) is 0.556. The molecule has 2 atom stereocenters. The summed E-state index contributed by atoms with van der Waals surface area (Å²) in [6.45, 7) is 5.50. The van der Waals surface area contributed by atoms with Gasteiger partial charge in [0.15, 0.2) is 0 Å². The molecule has 0 aliphatic rings. The van der Waals surface area contributed by atoms with Crippen LogP contribution in [0.25, 0.3) is 0 Å². The molecule has 0 aromatic carbocycles. The molecule has 0 aliphatic heterocycles. The van der Waals surface area contributed by atoms with Crippen LogP contribution in [-0.2, 0) is 4.79 Å². The first-order valence-electron chi connectivity index (χ1n) is 4.48. The van der Waals surface area contributed by atoms with E-state index in [1.165, 1.54) is 0 Å². The molecule has 14 heavy (non-hydrogen) atoms. The second kappa shape index (κ2) is 4.52. The van der Waals surface area contributed by atoms with Crippen LogP contribution in [0.3, 0.4) is 0 Å². The molecule has 3 N–H and O–H groups in total. The molecular weight excluding hydrogens is 198 g/mol. The summed E-state index contributed by atoms with van der Waals surface area (Å²) in [5.74, 6) is -0.150. The van der Waals surface area contributed by atoms with Crippen molar-refractivity contribution in [3.05, 3.63) is 16.1 Å². The first-order chi connectivity index (χ1) is 6.50. The summed E-state index contributed by atoms with van der Waals surface area (Å²) in [5.41, 5.74) is 6.33. The van der Waals surface area contributed by atoms with Gasteiger partial charge in [0.05, 0.1) is 22.8 Å². The fourth-order valence-corrected chi connectivity index (χ4v) is 1.70. The van der Waals surface area contributed by atoms with E-state index in [1.807, 2.05) is 19.2 Å². The minimum atomic E-state index is -0.475. The Bertz CT molecular complexity index is 322. The zero-order valence-electron chi connectivity index (χ0n) is 8.57. The molecule has 0 saturated heterocycles. The Balaban J connectivity index is 2.59. The van der Waals surface area contributed by atoms with Crippen molar-refractivity contribution in [1.29, 1.82) is 0 Å². The van der Waals surface area contributed by atoms with E-state index in [4.69, 9.17) is 5.73 Å². The van der Waals surface area contributed by atoms with Crippen LogP contribution in [0.1, 0.15) is 30.6 Å². The Morgan fingerprint density at radius 2 is 2.29 bits per heavy atom. The molecular formula is C9H15N3OS. The summed E-state index contributed by atoms with van der Waals surface area (Å²) < 4.78 is 0. The SMILES string of the molecule is Cc1nc(C(C)NC(=O)C(C)N)cs1. The molecule has 1 heterocycles. The molecule has 5 heteroatoms. The summed E-state index contributed by atoms with van der Waals surface area (Å²) in [6.07, 6.45) is 0. The van der Waals surface area contributed by atoms with Gasteiger partial charge in [-0.25, -0.2) is 4.98 Å². The maximum atomic E-state index is 11.3. The van der Waals surface area contributed by atoms with Gasteiger partial charge in [0.2, 0.25) is 5.91 Å². The smallest absolute Gasteiger partial charge is 0.237 e. The monoisotopic (exact) mass is 213 g/mol. The van der Waals surface area contributed by atoms with Gasteiger partial charge in [-0.15, -0.1) is 11.3 Å². The molecule has 0 bridgehead atoms. The molecule has 78 valence electrons. The number of nitrogens with zero attached hydrogens (tertiary/aromatic N) is 1. The van der Waals surface area contributed by atoms with Crippen LogP contribution in [0.5, 0.6) is 0 Å². The molecule has 0 spiro atoms. The molecule has 0 radical (unpaired) electrons. The van der Waals surface area contributed by atoms with Crippen molar-refractivity contribution in [2.24, 2.45) is 5.73 Å². The third-order valence-corrected chi connectivity index (χ3v) is 2.64. The van der Waals surface area contributed by atoms with Gasteiger partial charge in [-0.3, -0.25) is 4.79 Å². The van der Waals surface area contributed by atoms with E-state index in [9.17, 15) is 4.79 Å². The maximum Gasteiger partial charge on any atom is 0.237 e. The second-order valence-corrected chi connectivity index (χ2v) is 4.37. The van der Waals surface area contributed by atoms with Gasteiger partial charge in [-0.2, -0.15) is 0 Å². The van der Waals surface area contributed by atoms with Gasteiger partial charge in [0, 0.05) is 5.38 Å². The van der Waals surface area contributed by atoms with Crippen LogP contribution >= 0.6 is 11.3 Å². The standard InChI is InChI=1S/C9H15N3OS/c1-5(10)9(13)11-6(2)8-4-14-7(3)12-8/h4-6H,10H2,1-3H3,(H,11,13). The molecule has 1 rings (SSSR count). The summed E-state index contributed by atoms with van der Waals surface area (Å²) >= 11 is 1.57. The first kappa shape index (κ1) is 11.1. The predicted molar refractivity (Wildman–Crippen MR) is 57.1 cm³/mol. The van der Waals surface area contributed by atoms with Crippen molar-refractivity contribution >= 4 is 17.2 Å². The third-order valence-electron chi connectivity index (χ3n) is 1.85. The van der Waals surface area contributed by atoms with E-state index in [-0.39, 0.29) is 11.9 Å². The number of hydrogen-bond acceptors (Lipinski definition) is 4. The van der Waals surface area contributed by atoms with Crippen LogP contribution in [0.15, 0.2) is 5.38 Å². The number of hydrogen-bond donors (Lipinski definition) is 2. The summed E-state index contributed by atoms with van der Waals surface area (Å²) in [6, 6.07) is -0.546. The zero-order valence-corrected chi connectivity index (χ0v) is 9.39. The number of amides is 1. The minimum absolute atomic E-state index is 0.0709. The average molecular weight is 213 g/mol. The first-order valence-corrected chi connectivity index (χ1v) is 5.36. The number of rotatable bonds is 3. The number of aryl methyl sites for hydroxylation is 1. The van der Waals surface area contributed by atoms with Gasteiger partial charge in [0.25, 0.3) is 0 Å². The van der Waals surface area contributed by atoms with Gasteiger partial charge < -0.3 is 11.1 Å². The lowest BCUT2D eigenvalue weighted by Gasteiger charge is -2.13. The van der Waals surface area contributed by atoms with Crippen LogP contribution in [0.4, 0.5) is 0 Å².